The van der Waals surface area contributed by atoms with E-state index in [1.54, 1.807) is 0 Å². The molecule has 0 unspecified atom stereocenters. The van der Waals surface area contributed by atoms with Crippen LogP contribution in [0.5, 0.6) is 0 Å². The number of carbonyl (C=O) groups excluding carboxylic acids is 1. The van der Waals surface area contributed by atoms with E-state index in [1.165, 1.54) is 0 Å². The number of nitrogens with one attached hydrogen (secondary N) is 2. The summed E-state index contributed by atoms with van der Waals surface area (Å²) < 4.78 is 11.0. The molecule has 0 aromatic carbocycles. The van der Waals surface area contributed by atoms with Crippen LogP contribution >= 0.6 is 0 Å². The summed E-state index contributed by atoms with van der Waals surface area (Å²) >= 11 is 0. The van der Waals surface area contributed by atoms with Gasteiger partial charge in [-0.3, -0.25) is 4.79 Å². The lowest BCUT2D eigenvalue weighted by molar-refractivity contribution is -0.132. The predicted octanol–water partition coefficient (Wildman–Crippen LogP) is 0.791. The minimum Gasteiger partial charge on any atom is -0.381 e. The molecule has 0 aliphatic carbocycles. The summed E-state index contributed by atoms with van der Waals surface area (Å²) in [6.45, 7) is 9.89. The molecule has 5 heteroatoms. The Morgan fingerprint density at radius 1 is 1.33 bits per heavy atom. The first-order valence-corrected chi connectivity index (χ1v) is 8.19. The summed E-state index contributed by atoms with van der Waals surface area (Å²) in [6.07, 6.45) is 2.20. The fraction of sp³-hybridized carbons (Fsp3) is 0.938. The third-order valence-corrected chi connectivity index (χ3v) is 5.77. The van der Waals surface area contributed by atoms with E-state index in [9.17, 15) is 4.79 Å². The third kappa shape index (κ3) is 2.83. The maximum atomic E-state index is 12.7. The van der Waals surface area contributed by atoms with Crippen molar-refractivity contribution in [1.82, 2.24) is 10.6 Å². The monoisotopic (exact) mass is 296 g/mol. The number of rotatable bonds is 4. The van der Waals surface area contributed by atoms with Gasteiger partial charge in [0.25, 0.3) is 0 Å². The van der Waals surface area contributed by atoms with Gasteiger partial charge in [-0.2, -0.15) is 0 Å². The van der Waals surface area contributed by atoms with Crippen LogP contribution in [-0.4, -0.2) is 52.0 Å². The summed E-state index contributed by atoms with van der Waals surface area (Å²) in [5, 5.41) is 6.57. The molecule has 2 N–H and O–H groups in total. The Hall–Kier alpha value is -0.650. The Balaban J connectivity index is 1.57. The lowest BCUT2D eigenvalue weighted by Crippen LogP contribution is -2.50. The van der Waals surface area contributed by atoms with Crippen LogP contribution < -0.4 is 10.6 Å². The standard InChI is InChI=1S/C16H28N2O3/c1-15(2,12-3-5-20-6-4-12)9-18-14(19)16-10-17-7-13(16)8-21-11-16/h12-13,17H,3-11H2,1-2H3,(H,18,19)/t13-,16-/m0/s1. The molecule has 0 bridgehead atoms. The minimum absolute atomic E-state index is 0.122. The van der Waals surface area contributed by atoms with E-state index in [-0.39, 0.29) is 16.7 Å². The number of carbonyl (C=O) groups is 1. The van der Waals surface area contributed by atoms with Crippen LogP contribution in [0.25, 0.3) is 0 Å². The van der Waals surface area contributed by atoms with Gasteiger partial charge in [0.05, 0.1) is 18.6 Å². The number of ether oxygens (including phenoxy) is 2. The topological polar surface area (TPSA) is 59.6 Å². The van der Waals surface area contributed by atoms with Crippen molar-refractivity contribution in [2.45, 2.75) is 26.7 Å². The van der Waals surface area contributed by atoms with Crippen molar-refractivity contribution in [2.24, 2.45) is 22.7 Å². The van der Waals surface area contributed by atoms with Gasteiger partial charge in [0.1, 0.15) is 0 Å². The lowest BCUT2D eigenvalue weighted by Gasteiger charge is -2.38. The highest BCUT2D eigenvalue weighted by atomic mass is 16.5. The van der Waals surface area contributed by atoms with Crippen molar-refractivity contribution < 1.29 is 14.3 Å². The molecule has 3 fully saturated rings. The SMILES string of the molecule is CC(C)(CNC(=O)[C@]12CNC[C@H]1COC2)C1CCOCC1. The molecule has 0 aromatic heterocycles. The van der Waals surface area contributed by atoms with Crippen molar-refractivity contribution in [1.29, 1.82) is 0 Å². The van der Waals surface area contributed by atoms with E-state index in [1.807, 2.05) is 0 Å². The van der Waals surface area contributed by atoms with Crippen LogP contribution in [0.4, 0.5) is 0 Å². The van der Waals surface area contributed by atoms with Gasteiger partial charge in [0.15, 0.2) is 0 Å². The first kappa shape index (κ1) is 15.3. The Morgan fingerprint density at radius 3 is 2.86 bits per heavy atom. The van der Waals surface area contributed by atoms with E-state index >= 15 is 0 Å². The van der Waals surface area contributed by atoms with Gasteiger partial charge in [0.2, 0.25) is 5.91 Å². The fourth-order valence-corrected chi connectivity index (χ4v) is 4.02. The van der Waals surface area contributed by atoms with Crippen molar-refractivity contribution in [3.63, 3.8) is 0 Å². The summed E-state index contributed by atoms with van der Waals surface area (Å²) in [4.78, 5) is 12.7. The summed E-state index contributed by atoms with van der Waals surface area (Å²) in [5.74, 6) is 1.14. The van der Waals surface area contributed by atoms with Gasteiger partial charge in [-0.1, -0.05) is 13.8 Å². The van der Waals surface area contributed by atoms with Crippen molar-refractivity contribution in [3.8, 4) is 0 Å². The summed E-state index contributed by atoms with van der Waals surface area (Å²) in [6, 6.07) is 0. The maximum absolute atomic E-state index is 12.7. The number of hydrogen-bond acceptors (Lipinski definition) is 4. The molecule has 1 amide bonds. The van der Waals surface area contributed by atoms with Gasteiger partial charge in [-0.05, 0) is 24.2 Å². The first-order chi connectivity index (χ1) is 10.0. The Bertz CT molecular complexity index is 381. The quantitative estimate of drug-likeness (QED) is 0.805. The molecule has 0 saturated carbocycles. The second kappa shape index (κ2) is 5.86. The van der Waals surface area contributed by atoms with Gasteiger partial charge in [0, 0.05) is 38.8 Å². The van der Waals surface area contributed by atoms with Crippen LogP contribution in [0.1, 0.15) is 26.7 Å². The molecular weight excluding hydrogens is 268 g/mol. The smallest absolute Gasteiger partial charge is 0.230 e. The van der Waals surface area contributed by atoms with E-state index in [4.69, 9.17) is 9.47 Å². The molecule has 3 heterocycles. The number of hydrogen-bond donors (Lipinski definition) is 2. The zero-order valence-corrected chi connectivity index (χ0v) is 13.2. The Kier molecular flexibility index (Phi) is 4.26. The van der Waals surface area contributed by atoms with Gasteiger partial charge >= 0.3 is 0 Å². The Morgan fingerprint density at radius 2 is 2.10 bits per heavy atom. The normalized spacial score (nSPS) is 33.9. The second-order valence-corrected chi connectivity index (χ2v) is 7.56. The molecule has 0 aromatic rings. The molecule has 3 saturated heterocycles. The minimum atomic E-state index is -0.328. The molecule has 120 valence electrons. The molecule has 2 atom stereocenters. The van der Waals surface area contributed by atoms with Crippen molar-refractivity contribution in [3.05, 3.63) is 0 Å². The van der Waals surface area contributed by atoms with Crippen molar-refractivity contribution >= 4 is 5.91 Å². The lowest BCUT2D eigenvalue weighted by atomic mass is 9.74. The molecule has 21 heavy (non-hydrogen) atoms. The van der Waals surface area contributed by atoms with Crippen LogP contribution in [0.2, 0.25) is 0 Å². The second-order valence-electron chi connectivity index (χ2n) is 7.56. The predicted molar refractivity (Wildman–Crippen MR) is 79.9 cm³/mol. The van der Waals surface area contributed by atoms with Gasteiger partial charge < -0.3 is 20.1 Å². The average molecular weight is 296 g/mol. The highest BCUT2D eigenvalue weighted by Gasteiger charge is 2.53. The number of fused-ring (bicyclic) bond motifs is 1. The van der Waals surface area contributed by atoms with Crippen molar-refractivity contribution in [2.75, 3.05) is 46.1 Å². The maximum Gasteiger partial charge on any atom is 0.230 e. The zero-order valence-electron chi connectivity index (χ0n) is 13.2. The number of amides is 1. The summed E-state index contributed by atoms with van der Waals surface area (Å²) in [5.41, 5.74) is -0.206. The van der Waals surface area contributed by atoms with Gasteiger partial charge in [-0.25, -0.2) is 0 Å². The molecule has 3 rings (SSSR count). The molecule has 0 radical (unpaired) electrons. The zero-order chi connectivity index (χ0) is 14.9. The molecule has 0 spiro atoms. The highest BCUT2D eigenvalue weighted by Crippen LogP contribution is 2.38. The van der Waals surface area contributed by atoms with E-state index < -0.39 is 0 Å². The molecular formula is C16H28N2O3. The molecule has 3 aliphatic heterocycles. The van der Waals surface area contributed by atoms with Crippen LogP contribution in [0, 0.1) is 22.7 Å². The van der Waals surface area contributed by atoms with E-state index in [2.05, 4.69) is 24.5 Å². The highest BCUT2D eigenvalue weighted by molar-refractivity contribution is 5.84. The third-order valence-electron chi connectivity index (χ3n) is 5.77. The van der Waals surface area contributed by atoms with Crippen LogP contribution in [-0.2, 0) is 14.3 Å². The fourth-order valence-electron chi connectivity index (χ4n) is 4.02. The van der Waals surface area contributed by atoms with E-state index in [0.717, 1.165) is 45.7 Å². The summed E-state index contributed by atoms with van der Waals surface area (Å²) in [7, 11) is 0. The van der Waals surface area contributed by atoms with Gasteiger partial charge in [-0.15, -0.1) is 0 Å². The molecule has 5 nitrogen and oxygen atoms in total. The average Bonchev–Trinajstić information content (AvgIpc) is 3.06. The first-order valence-electron chi connectivity index (χ1n) is 8.19. The molecule has 3 aliphatic rings. The Labute approximate surface area is 127 Å². The van der Waals surface area contributed by atoms with Crippen LogP contribution in [0.3, 0.4) is 0 Å². The van der Waals surface area contributed by atoms with E-state index in [0.29, 0.717) is 25.0 Å². The largest absolute Gasteiger partial charge is 0.381 e. The van der Waals surface area contributed by atoms with Crippen LogP contribution in [0.15, 0.2) is 0 Å².